The molecular formula is C16H11Cl2NO4. The van der Waals surface area contributed by atoms with E-state index in [9.17, 15) is 9.59 Å². The molecule has 0 aliphatic heterocycles. The van der Waals surface area contributed by atoms with E-state index >= 15 is 0 Å². The largest absolute Gasteiger partial charge is 0.450 e. The Labute approximate surface area is 142 Å². The van der Waals surface area contributed by atoms with E-state index in [2.05, 4.69) is 11.2 Å². The molecule has 5 nitrogen and oxygen atoms in total. The standard InChI is InChI=1S/C16H11Cl2NO4/c1-2-8-19-14(20)9-22-16(21)13-7-6-12(23-13)10-4-3-5-11(17)15(10)18/h1,3-7H,8-9H2,(H,19,20). The Hall–Kier alpha value is -2.42. The highest BCUT2D eigenvalue weighted by Crippen LogP contribution is 2.34. The van der Waals surface area contributed by atoms with Gasteiger partial charge in [-0.25, -0.2) is 4.79 Å². The van der Waals surface area contributed by atoms with Crippen LogP contribution in [0.5, 0.6) is 0 Å². The van der Waals surface area contributed by atoms with Crippen LogP contribution in [0, 0.1) is 12.3 Å². The highest BCUT2D eigenvalue weighted by atomic mass is 35.5. The predicted octanol–water partition coefficient (Wildman–Crippen LogP) is 3.16. The molecule has 0 spiro atoms. The Morgan fingerprint density at radius 1 is 1.26 bits per heavy atom. The third-order valence-corrected chi connectivity index (χ3v) is 3.57. The van der Waals surface area contributed by atoms with Crippen LogP contribution in [0.25, 0.3) is 11.3 Å². The molecule has 1 heterocycles. The fourth-order valence-electron chi connectivity index (χ4n) is 1.69. The Bertz CT molecular complexity index is 777. The molecule has 0 radical (unpaired) electrons. The van der Waals surface area contributed by atoms with Crippen molar-refractivity contribution in [2.24, 2.45) is 0 Å². The summed E-state index contributed by atoms with van der Waals surface area (Å²) >= 11 is 12.0. The minimum atomic E-state index is -0.773. The molecule has 0 aliphatic carbocycles. The van der Waals surface area contributed by atoms with E-state index in [-0.39, 0.29) is 12.3 Å². The van der Waals surface area contributed by atoms with Crippen LogP contribution >= 0.6 is 23.2 Å². The Morgan fingerprint density at radius 3 is 2.78 bits per heavy atom. The van der Waals surface area contributed by atoms with Crippen molar-refractivity contribution in [2.45, 2.75) is 0 Å². The number of hydrogen-bond donors (Lipinski definition) is 1. The van der Waals surface area contributed by atoms with Gasteiger partial charge in [0.1, 0.15) is 5.76 Å². The Morgan fingerprint density at radius 2 is 2.04 bits per heavy atom. The number of carbonyl (C=O) groups is 2. The van der Waals surface area contributed by atoms with Crippen LogP contribution in [0.1, 0.15) is 10.6 Å². The second-order valence-corrected chi connectivity index (χ2v) is 5.11. The maximum atomic E-state index is 11.8. The molecule has 2 rings (SSSR count). The van der Waals surface area contributed by atoms with Crippen LogP contribution < -0.4 is 5.32 Å². The first-order valence-electron chi connectivity index (χ1n) is 6.44. The third kappa shape index (κ3) is 4.28. The Balaban J connectivity index is 2.04. The first-order chi connectivity index (χ1) is 11.0. The number of nitrogens with one attached hydrogen (secondary N) is 1. The lowest BCUT2D eigenvalue weighted by Gasteiger charge is -2.03. The minimum Gasteiger partial charge on any atom is -0.450 e. The molecule has 0 fully saturated rings. The van der Waals surface area contributed by atoms with Gasteiger partial charge >= 0.3 is 5.97 Å². The Kier molecular flexibility index (Phi) is 5.69. The zero-order valence-corrected chi connectivity index (χ0v) is 13.3. The molecule has 23 heavy (non-hydrogen) atoms. The van der Waals surface area contributed by atoms with Gasteiger partial charge in [0.2, 0.25) is 5.76 Å². The number of esters is 1. The van der Waals surface area contributed by atoms with Crippen molar-refractivity contribution in [1.82, 2.24) is 5.32 Å². The molecule has 1 aromatic carbocycles. The maximum absolute atomic E-state index is 11.8. The van der Waals surface area contributed by atoms with Gasteiger partial charge in [-0.1, -0.05) is 35.2 Å². The molecule has 0 saturated carbocycles. The topological polar surface area (TPSA) is 68.5 Å². The molecule has 0 unspecified atom stereocenters. The molecule has 0 aliphatic rings. The molecule has 0 saturated heterocycles. The van der Waals surface area contributed by atoms with Crippen molar-refractivity contribution in [3.05, 3.63) is 46.1 Å². The zero-order valence-electron chi connectivity index (χ0n) is 11.8. The average Bonchev–Trinajstić information content (AvgIpc) is 3.03. The highest BCUT2D eigenvalue weighted by molar-refractivity contribution is 6.43. The van der Waals surface area contributed by atoms with Crippen molar-refractivity contribution < 1.29 is 18.7 Å². The number of hydrogen-bond acceptors (Lipinski definition) is 4. The summed E-state index contributed by atoms with van der Waals surface area (Å²) < 4.78 is 10.2. The highest BCUT2D eigenvalue weighted by Gasteiger charge is 2.17. The SMILES string of the molecule is C#CCNC(=O)COC(=O)c1ccc(-c2cccc(Cl)c2Cl)o1. The van der Waals surface area contributed by atoms with Gasteiger partial charge in [0.25, 0.3) is 5.91 Å². The number of terminal acetylenes is 1. The monoisotopic (exact) mass is 351 g/mol. The van der Waals surface area contributed by atoms with Crippen molar-refractivity contribution in [2.75, 3.05) is 13.2 Å². The van der Waals surface area contributed by atoms with E-state index in [4.69, 9.17) is 38.8 Å². The van der Waals surface area contributed by atoms with Crippen molar-refractivity contribution in [1.29, 1.82) is 0 Å². The van der Waals surface area contributed by atoms with Crippen LogP contribution in [-0.2, 0) is 9.53 Å². The van der Waals surface area contributed by atoms with Crippen molar-refractivity contribution in [3.63, 3.8) is 0 Å². The van der Waals surface area contributed by atoms with Gasteiger partial charge in [0, 0.05) is 5.56 Å². The third-order valence-electron chi connectivity index (χ3n) is 2.75. The fourth-order valence-corrected chi connectivity index (χ4v) is 2.08. The lowest BCUT2D eigenvalue weighted by molar-refractivity contribution is -0.124. The van der Waals surface area contributed by atoms with Gasteiger partial charge in [-0.15, -0.1) is 6.42 Å². The summed E-state index contributed by atoms with van der Waals surface area (Å²) in [6, 6.07) is 8.04. The molecule has 118 valence electrons. The number of halogens is 2. The van der Waals surface area contributed by atoms with Gasteiger partial charge < -0.3 is 14.5 Å². The van der Waals surface area contributed by atoms with Crippen LogP contribution in [0.15, 0.2) is 34.7 Å². The average molecular weight is 352 g/mol. The number of ether oxygens (including phenoxy) is 1. The first kappa shape index (κ1) is 16.9. The number of rotatable bonds is 5. The maximum Gasteiger partial charge on any atom is 0.374 e. The number of carbonyl (C=O) groups excluding carboxylic acids is 2. The molecular weight excluding hydrogens is 341 g/mol. The molecule has 0 bridgehead atoms. The zero-order chi connectivity index (χ0) is 16.8. The summed E-state index contributed by atoms with van der Waals surface area (Å²) in [6.45, 7) is -0.386. The van der Waals surface area contributed by atoms with Gasteiger partial charge in [0.05, 0.1) is 16.6 Å². The van der Waals surface area contributed by atoms with Crippen LogP contribution in [0.4, 0.5) is 0 Å². The molecule has 2 aromatic rings. The smallest absolute Gasteiger partial charge is 0.374 e. The normalized spacial score (nSPS) is 9.96. The number of amides is 1. The first-order valence-corrected chi connectivity index (χ1v) is 7.20. The van der Waals surface area contributed by atoms with E-state index in [0.29, 0.717) is 21.4 Å². The fraction of sp³-hybridized carbons (Fsp3) is 0.125. The van der Waals surface area contributed by atoms with Crippen LogP contribution in [0.2, 0.25) is 10.0 Å². The minimum absolute atomic E-state index is 0.0548. The van der Waals surface area contributed by atoms with E-state index in [0.717, 1.165) is 0 Å². The second-order valence-electron chi connectivity index (χ2n) is 4.32. The molecule has 1 N–H and O–H groups in total. The van der Waals surface area contributed by atoms with Gasteiger partial charge in [-0.2, -0.15) is 0 Å². The van der Waals surface area contributed by atoms with Crippen LogP contribution in [0.3, 0.4) is 0 Å². The molecule has 1 aromatic heterocycles. The van der Waals surface area contributed by atoms with E-state index < -0.39 is 18.5 Å². The molecule has 0 atom stereocenters. The second kappa shape index (κ2) is 7.73. The summed E-state index contributed by atoms with van der Waals surface area (Å²) in [6.07, 6.45) is 5.00. The summed E-state index contributed by atoms with van der Waals surface area (Å²) in [7, 11) is 0. The van der Waals surface area contributed by atoms with Gasteiger partial charge in [0.15, 0.2) is 6.61 Å². The number of benzene rings is 1. The number of furan rings is 1. The van der Waals surface area contributed by atoms with Crippen molar-refractivity contribution >= 4 is 35.1 Å². The van der Waals surface area contributed by atoms with Crippen LogP contribution in [-0.4, -0.2) is 25.0 Å². The molecule has 7 heteroatoms. The lowest BCUT2D eigenvalue weighted by atomic mass is 10.2. The predicted molar refractivity (Wildman–Crippen MR) is 86.3 cm³/mol. The van der Waals surface area contributed by atoms with E-state index in [1.165, 1.54) is 6.07 Å². The summed E-state index contributed by atoms with van der Waals surface area (Å²) in [5.41, 5.74) is 0.546. The van der Waals surface area contributed by atoms with E-state index in [1.54, 1.807) is 24.3 Å². The summed E-state index contributed by atoms with van der Waals surface area (Å²) in [4.78, 5) is 23.1. The van der Waals surface area contributed by atoms with Gasteiger partial charge in [-0.05, 0) is 24.3 Å². The lowest BCUT2D eigenvalue weighted by Crippen LogP contribution is -2.28. The quantitative estimate of drug-likeness (QED) is 0.663. The van der Waals surface area contributed by atoms with E-state index in [1.807, 2.05) is 0 Å². The van der Waals surface area contributed by atoms with Crippen molar-refractivity contribution in [3.8, 4) is 23.7 Å². The molecule has 1 amide bonds. The van der Waals surface area contributed by atoms with Gasteiger partial charge in [-0.3, -0.25) is 4.79 Å². The summed E-state index contributed by atoms with van der Waals surface area (Å²) in [5.74, 6) is 1.27. The summed E-state index contributed by atoms with van der Waals surface area (Å²) in [5, 5.41) is 3.06.